The molecule has 0 saturated carbocycles. The van der Waals surface area contributed by atoms with Crippen molar-refractivity contribution in [3.8, 4) is 0 Å². The molecule has 25 heavy (non-hydrogen) atoms. The summed E-state index contributed by atoms with van der Waals surface area (Å²) >= 11 is 1.36. The number of hydrogen-bond acceptors (Lipinski definition) is 6. The molecule has 0 spiro atoms. The highest BCUT2D eigenvalue weighted by atomic mass is 32.1. The molecule has 2 rings (SSSR count). The second-order valence-electron chi connectivity index (χ2n) is 5.46. The topological polar surface area (TPSA) is 105 Å². The van der Waals surface area contributed by atoms with Crippen molar-refractivity contribution in [1.82, 2.24) is 5.32 Å². The largest absolute Gasteiger partial charge is 0.465 e. The molecule has 132 valence electrons. The lowest BCUT2D eigenvalue weighted by Gasteiger charge is -2.22. The Bertz CT molecular complexity index is 754. The lowest BCUT2D eigenvalue weighted by molar-refractivity contribution is -0.136. The van der Waals surface area contributed by atoms with Crippen LogP contribution < -0.4 is 10.6 Å². The van der Waals surface area contributed by atoms with Gasteiger partial charge < -0.3 is 20.5 Å². The maximum absolute atomic E-state index is 11.9. The highest BCUT2D eigenvalue weighted by molar-refractivity contribution is 7.10. The van der Waals surface area contributed by atoms with Crippen molar-refractivity contribution >= 4 is 34.8 Å². The van der Waals surface area contributed by atoms with Gasteiger partial charge >= 0.3 is 17.8 Å². The van der Waals surface area contributed by atoms with Crippen LogP contribution in [0.4, 0.5) is 5.69 Å². The molecule has 2 aromatic rings. The number of methoxy groups -OCH3 is 1. The molecule has 0 fully saturated rings. The molecule has 1 aromatic heterocycles. The lowest BCUT2D eigenvalue weighted by Crippen LogP contribution is -2.42. The zero-order chi connectivity index (χ0) is 18.4. The van der Waals surface area contributed by atoms with Gasteiger partial charge in [0.25, 0.3) is 0 Å². The molecule has 0 bridgehead atoms. The molecule has 2 amide bonds. The molecule has 1 aromatic carbocycles. The van der Waals surface area contributed by atoms with Crippen LogP contribution in [-0.4, -0.2) is 36.5 Å². The predicted molar refractivity (Wildman–Crippen MR) is 93.3 cm³/mol. The predicted octanol–water partition coefficient (Wildman–Crippen LogP) is 1.50. The molecule has 8 heteroatoms. The highest BCUT2D eigenvalue weighted by Gasteiger charge is 2.26. The summed E-state index contributed by atoms with van der Waals surface area (Å²) in [4.78, 5) is 35.8. The van der Waals surface area contributed by atoms with Gasteiger partial charge in [-0.25, -0.2) is 4.79 Å². The van der Waals surface area contributed by atoms with E-state index in [0.717, 1.165) is 0 Å². The van der Waals surface area contributed by atoms with E-state index in [1.165, 1.54) is 42.7 Å². The maximum atomic E-state index is 11.9. The van der Waals surface area contributed by atoms with Gasteiger partial charge in [0.15, 0.2) is 0 Å². The molecule has 0 aliphatic heterocycles. The Morgan fingerprint density at radius 1 is 1.16 bits per heavy atom. The summed E-state index contributed by atoms with van der Waals surface area (Å²) in [5.41, 5.74) is -0.568. The summed E-state index contributed by atoms with van der Waals surface area (Å²) < 4.78 is 4.58. The normalized spacial score (nSPS) is 12.8. The summed E-state index contributed by atoms with van der Waals surface area (Å²) in [6.07, 6.45) is 0. The first-order valence-corrected chi connectivity index (χ1v) is 8.25. The van der Waals surface area contributed by atoms with Crippen LogP contribution in [0.15, 0.2) is 41.8 Å². The third kappa shape index (κ3) is 4.88. The fraction of sp³-hybridized carbons (Fsp3) is 0.235. The van der Waals surface area contributed by atoms with Crippen molar-refractivity contribution in [3.05, 3.63) is 52.2 Å². The summed E-state index contributed by atoms with van der Waals surface area (Å²) in [6.45, 7) is 1.46. The molecule has 0 aliphatic carbocycles. The number of aliphatic hydroxyl groups is 1. The molecule has 3 N–H and O–H groups in total. The van der Waals surface area contributed by atoms with E-state index in [1.54, 1.807) is 19.1 Å². The quantitative estimate of drug-likeness (QED) is 0.552. The van der Waals surface area contributed by atoms with E-state index in [2.05, 4.69) is 15.4 Å². The van der Waals surface area contributed by atoms with E-state index in [-0.39, 0.29) is 6.54 Å². The van der Waals surface area contributed by atoms with E-state index >= 15 is 0 Å². The van der Waals surface area contributed by atoms with Crippen molar-refractivity contribution in [2.75, 3.05) is 19.0 Å². The third-order valence-corrected chi connectivity index (χ3v) is 4.54. The van der Waals surface area contributed by atoms with Gasteiger partial charge in [0.1, 0.15) is 5.60 Å². The first-order chi connectivity index (χ1) is 11.8. The Morgan fingerprint density at radius 2 is 1.84 bits per heavy atom. The van der Waals surface area contributed by atoms with E-state index < -0.39 is 23.4 Å². The average Bonchev–Trinajstić information content (AvgIpc) is 3.15. The van der Waals surface area contributed by atoms with Crippen molar-refractivity contribution in [2.24, 2.45) is 0 Å². The lowest BCUT2D eigenvalue weighted by atomic mass is 10.1. The van der Waals surface area contributed by atoms with Gasteiger partial charge in [0, 0.05) is 10.6 Å². The number of amides is 2. The molecule has 0 saturated heterocycles. The molecule has 0 aliphatic rings. The zero-order valence-electron chi connectivity index (χ0n) is 13.7. The van der Waals surface area contributed by atoms with Crippen LogP contribution in [0.3, 0.4) is 0 Å². The Labute approximate surface area is 148 Å². The van der Waals surface area contributed by atoms with E-state index in [9.17, 15) is 19.5 Å². The highest BCUT2D eigenvalue weighted by Crippen LogP contribution is 2.24. The van der Waals surface area contributed by atoms with E-state index in [1.807, 2.05) is 5.38 Å². The molecule has 1 atom stereocenters. The first kappa shape index (κ1) is 18.6. The van der Waals surface area contributed by atoms with Crippen LogP contribution >= 0.6 is 11.3 Å². The number of nitrogens with one attached hydrogen (secondary N) is 2. The number of hydrogen-bond donors (Lipinski definition) is 3. The van der Waals surface area contributed by atoms with Crippen LogP contribution in [0.5, 0.6) is 0 Å². The van der Waals surface area contributed by atoms with Crippen molar-refractivity contribution in [2.45, 2.75) is 12.5 Å². The van der Waals surface area contributed by atoms with Gasteiger partial charge in [-0.3, -0.25) is 9.59 Å². The van der Waals surface area contributed by atoms with Gasteiger partial charge in [0.05, 0.1) is 19.2 Å². The summed E-state index contributed by atoms with van der Waals surface area (Å²) in [5.74, 6) is -2.23. The zero-order valence-corrected chi connectivity index (χ0v) is 14.6. The SMILES string of the molecule is COC(=O)c1ccc(NC(=O)C(=O)NC[C@](C)(O)c2cccs2)cc1. The number of esters is 1. The number of rotatable bonds is 5. The Hall–Kier alpha value is -2.71. The average molecular weight is 362 g/mol. The van der Waals surface area contributed by atoms with Crippen molar-refractivity contribution in [1.29, 1.82) is 0 Å². The minimum atomic E-state index is -1.26. The fourth-order valence-electron chi connectivity index (χ4n) is 2.00. The van der Waals surface area contributed by atoms with Crippen LogP contribution in [0, 0.1) is 0 Å². The Balaban J connectivity index is 1.90. The van der Waals surface area contributed by atoms with Gasteiger partial charge in [-0.15, -0.1) is 11.3 Å². The fourth-order valence-corrected chi connectivity index (χ4v) is 2.79. The van der Waals surface area contributed by atoms with Gasteiger partial charge in [0.2, 0.25) is 0 Å². The minimum absolute atomic E-state index is 0.0962. The second kappa shape index (κ2) is 7.91. The number of anilines is 1. The first-order valence-electron chi connectivity index (χ1n) is 7.37. The number of thiophene rings is 1. The van der Waals surface area contributed by atoms with Crippen molar-refractivity contribution in [3.63, 3.8) is 0 Å². The Kier molecular flexibility index (Phi) is 5.89. The standard InChI is InChI=1S/C17H18N2O5S/c1-17(23,13-4-3-9-25-13)10-18-14(20)15(21)19-12-7-5-11(6-8-12)16(22)24-2/h3-9,23H,10H2,1-2H3,(H,18,20)(H,19,21)/t17-/m0/s1. The number of carbonyl (C=O) groups excluding carboxylic acids is 3. The van der Waals surface area contributed by atoms with Gasteiger partial charge in [-0.1, -0.05) is 6.07 Å². The molecule has 7 nitrogen and oxygen atoms in total. The van der Waals surface area contributed by atoms with Crippen LogP contribution in [0.25, 0.3) is 0 Å². The van der Waals surface area contributed by atoms with Gasteiger partial charge in [-0.05, 0) is 42.6 Å². The number of benzene rings is 1. The summed E-state index contributed by atoms with van der Waals surface area (Å²) in [5, 5.41) is 17.0. The second-order valence-corrected chi connectivity index (χ2v) is 6.40. The molecule has 1 heterocycles. The monoisotopic (exact) mass is 362 g/mol. The van der Waals surface area contributed by atoms with Crippen LogP contribution in [0.1, 0.15) is 22.2 Å². The Morgan fingerprint density at radius 3 is 2.40 bits per heavy atom. The van der Waals surface area contributed by atoms with Crippen LogP contribution in [0.2, 0.25) is 0 Å². The molecule has 0 radical (unpaired) electrons. The molecular weight excluding hydrogens is 344 g/mol. The molecular formula is C17H18N2O5S. The van der Waals surface area contributed by atoms with E-state index in [4.69, 9.17) is 0 Å². The third-order valence-electron chi connectivity index (χ3n) is 3.42. The smallest absolute Gasteiger partial charge is 0.337 e. The molecule has 0 unspecified atom stereocenters. The maximum Gasteiger partial charge on any atom is 0.337 e. The number of carbonyl (C=O) groups is 3. The van der Waals surface area contributed by atoms with Gasteiger partial charge in [-0.2, -0.15) is 0 Å². The summed E-state index contributed by atoms with van der Waals surface area (Å²) in [6, 6.07) is 9.46. The number of ether oxygens (including phenoxy) is 1. The van der Waals surface area contributed by atoms with Crippen LogP contribution in [-0.2, 0) is 19.9 Å². The van der Waals surface area contributed by atoms with E-state index in [0.29, 0.717) is 16.1 Å². The minimum Gasteiger partial charge on any atom is -0.465 e. The van der Waals surface area contributed by atoms with Crippen molar-refractivity contribution < 1.29 is 24.2 Å². The summed E-state index contributed by atoms with van der Waals surface area (Å²) in [7, 11) is 1.27.